The summed E-state index contributed by atoms with van der Waals surface area (Å²) in [6.45, 7) is 2.17. The van der Waals surface area contributed by atoms with Crippen molar-refractivity contribution < 1.29 is 14.6 Å². The van der Waals surface area contributed by atoms with Crippen molar-refractivity contribution in [2.45, 2.75) is 13.0 Å². The van der Waals surface area contributed by atoms with E-state index in [0.717, 1.165) is 10.6 Å². The first-order valence-electron chi connectivity index (χ1n) is 6.07. The highest BCUT2D eigenvalue weighted by atomic mass is 32.1. The van der Waals surface area contributed by atoms with Crippen LogP contribution in [0, 0.1) is 6.92 Å². The van der Waals surface area contributed by atoms with Gasteiger partial charge in [0.2, 0.25) is 0 Å². The number of aryl methyl sites for hydroxylation is 1. The predicted molar refractivity (Wildman–Crippen MR) is 80.4 cm³/mol. The lowest BCUT2D eigenvalue weighted by Gasteiger charge is -2.09. The molecule has 1 amide bonds. The Morgan fingerprint density at radius 1 is 1.60 bits per heavy atom. The second-order valence-electron chi connectivity index (χ2n) is 4.26. The maximum atomic E-state index is 12.1. The topological polar surface area (TPSA) is 71.5 Å². The van der Waals surface area contributed by atoms with Crippen molar-refractivity contribution in [3.63, 3.8) is 0 Å². The van der Waals surface area contributed by atoms with Crippen LogP contribution >= 0.6 is 22.7 Å². The zero-order chi connectivity index (χ0) is 14.5. The Morgan fingerprint density at radius 3 is 3.05 bits per heavy atom. The van der Waals surface area contributed by atoms with Crippen LogP contribution in [-0.4, -0.2) is 42.4 Å². The molecule has 7 heteroatoms. The van der Waals surface area contributed by atoms with Crippen LogP contribution in [0.3, 0.4) is 0 Å². The van der Waals surface area contributed by atoms with Crippen molar-refractivity contribution in [1.29, 1.82) is 0 Å². The molecule has 1 atom stereocenters. The SMILES string of the molecule is COCC(O)CNC(=O)c1sc(-c2ccsc2)nc1C. The van der Waals surface area contributed by atoms with E-state index in [9.17, 15) is 9.90 Å². The average molecular weight is 312 g/mol. The average Bonchev–Trinajstić information content (AvgIpc) is 3.05. The Bertz CT molecular complexity index is 566. The van der Waals surface area contributed by atoms with Gasteiger partial charge < -0.3 is 15.2 Å². The minimum Gasteiger partial charge on any atom is -0.389 e. The number of carbonyl (C=O) groups is 1. The number of carbonyl (C=O) groups excluding carboxylic acids is 1. The summed E-state index contributed by atoms with van der Waals surface area (Å²) in [5.41, 5.74) is 1.73. The molecular formula is C13H16N2O3S2. The quantitative estimate of drug-likeness (QED) is 0.855. The van der Waals surface area contributed by atoms with Gasteiger partial charge in [0.1, 0.15) is 9.88 Å². The molecular weight excluding hydrogens is 296 g/mol. The van der Waals surface area contributed by atoms with Crippen molar-refractivity contribution in [1.82, 2.24) is 10.3 Å². The number of nitrogens with zero attached hydrogens (tertiary/aromatic N) is 1. The number of thiophene rings is 1. The maximum Gasteiger partial charge on any atom is 0.263 e. The second-order valence-corrected chi connectivity index (χ2v) is 6.04. The first-order chi connectivity index (χ1) is 9.61. The van der Waals surface area contributed by atoms with Crippen molar-refractivity contribution in [2.75, 3.05) is 20.3 Å². The number of ether oxygens (including phenoxy) is 1. The molecule has 2 rings (SSSR count). The van der Waals surface area contributed by atoms with Gasteiger partial charge in [-0.15, -0.1) is 11.3 Å². The monoisotopic (exact) mass is 312 g/mol. The number of aliphatic hydroxyl groups excluding tert-OH is 1. The molecule has 1 unspecified atom stereocenters. The number of rotatable bonds is 6. The van der Waals surface area contributed by atoms with Crippen LogP contribution in [0.2, 0.25) is 0 Å². The van der Waals surface area contributed by atoms with Gasteiger partial charge >= 0.3 is 0 Å². The molecule has 0 aromatic carbocycles. The molecule has 0 saturated carbocycles. The lowest BCUT2D eigenvalue weighted by atomic mass is 10.3. The number of aromatic nitrogens is 1. The highest BCUT2D eigenvalue weighted by Gasteiger charge is 2.17. The Morgan fingerprint density at radius 2 is 2.40 bits per heavy atom. The van der Waals surface area contributed by atoms with Crippen molar-refractivity contribution >= 4 is 28.6 Å². The van der Waals surface area contributed by atoms with Gasteiger partial charge in [-0.1, -0.05) is 0 Å². The number of hydrogen-bond donors (Lipinski definition) is 2. The fourth-order valence-electron chi connectivity index (χ4n) is 1.66. The lowest BCUT2D eigenvalue weighted by molar-refractivity contribution is 0.0610. The molecule has 2 heterocycles. The summed E-state index contributed by atoms with van der Waals surface area (Å²) in [7, 11) is 1.51. The Labute approximate surface area is 125 Å². The molecule has 2 N–H and O–H groups in total. The third kappa shape index (κ3) is 3.63. The molecule has 20 heavy (non-hydrogen) atoms. The van der Waals surface area contributed by atoms with Crippen molar-refractivity contribution in [3.8, 4) is 10.6 Å². The zero-order valence-corrected chi connectivity index (χ0v) is 12.9. The normalized spacial score (nSPS) is 12.3. The number of methoxy groups -OCH3 is 1. The summed E-state index contributed by atoms with van der Waals surface area (Å²) in [5, 5.41) is 17.0. The first kappa shape index (κ1) is 15.1. The van der Waals surface area contributed by atoms with Gasteiger partial charge in [-0.2, -0.15) is 11.3 Å². The summed E-state index contributed by atoms with van der Waals surface area (Å²) in [5.74, 6) is -0.211. The Balaban J connectivity index is 2.03. The van der Waals surface area contributed by atoms with Crippen molar-refractivity contribution in [3.05, 3.63) is 27.4 Å². The predicted octanol–water partition coefficient (Wildman–Crippen LogP) is 1.92. The third-order valence-electron chi connectivity index (χ3n) is 2.63. The maximum absolute atomic E-state index is 12.1. The fraction of sp³-hybridized carbons (Fsp3) is 0.385. The summed E-state index contributed by atoms with van der Waals surface area (Å²) in [6.07, 6.45) is -0.700. The van der Waals surface area contributed by atoms with E-state index in [1.165, 1.54) is 18.4 Å². The van der Waals surface area contributed by atoms with Gasteiger partial charge in [0.05, 0.1) is 18.4 Å². The van der Waals surface area contributed by atoms with E-state index in [4.69, 9.17) is 4.74 Å². The van der Waals surface area contributed by atoms with Crippen LogP contribution in [0.1, 0.15) is 15.4 Å². The smallest absolute Gasteiger partial charge is 0.263 e. The van der Waals surface area contributed by atoms with E-state index in [-0.39, 0.29) is 19.1 Å². The van der Waals surface area contributed by atoms with Gasteiger partial charge in [0.15, 0.2) is 0 Å². The molecule has 5 nitrogen and oxygen atoms in total. The summed E-state index contributed by atoms with van der Waals surface area (Å²) < 4.78 is 4.81. The molecule has 0 bridgehead atoms. The van der Waals surface area contributed by atoms with Crippen LogP contribution in [-0.2, 0) is 4.74 Å². The van der Waals surface area contributed by atoms with Crippen LogP contribution in [0.15, 0.2) is 16.8 Å². The zero-order valence-electron chi connectivity index (χ0n) is 11.3. The van der Waals surface area contributed by atoms with Gasteiger partial charge in [0, 0.05) is 24.6 Å². The number of hydrogen-bond acceptors (Lipinski definition) is 6. The van der Waals surface area contributed by atoms with Gasteiger partial charge in [0.25, 0.3) is 5.91 Å². The van der Waals surface area contributed by atoms with Gasteiger partial charge in [-0.25, -0.2) is 4.98 Å². The molecule has 0 radical (unpaired) electrons. The van der Waals surface area contributed by atoms with Gasteiger partial charge in [-0.3, -0.25) is 4.79 Å². The molecule has 108 valence electrons. The largest absolute Gasteiger partial charge is 0.389 e. The van der Waals surface area contributed by atoms with Crippen LogP contribution < -0.4 is 5.32 Å². The molecule has 0 fully saturated rings. The number of amides is 1. The summed E-state index contributed by atoms with van der Waals surface area (Å²) in [6, 6.07) is 1.98. The number of thiazole rings is 1. The van der Waals surface area contributed by atoms with Gasteiger partial charge in [-0.05, 0) is 18.4 Å². The highest BCUT2D eigenvalue weighted by molar-refractivity contribution is 7.17. The second kappa shape index (κ2) is 6.94. The lowest BCUT2D eigenvalue weighted by Crippen LogP contribution is -2.34. The molecule has 0 aliphatic heterocycles. The minimum atomic E-state index is -0.700. The molecule has 0 saturated heterocycles. The standard InChI is InChI=1S/C13H16N2O3S2/c1-8-11(12(17)14-5-10(16)6-18-2)20-13(15-8)9-3-4-19-7-9/h3-4,7,10,16H,5-6H2,1-2H3,(H,14,17). The summed E-state index contributed by atoms with van der Waals surface area (Å²) in [4.78, 5) is 17.1. The molecule has 2 aromatic rings. The van der Waals surface area contributed by atoms with E-state index in [2.05, 4.69) is 10.3 Å². The molecule has 2 aromatic heterocycles. The minimum absolute atomic E-state index is 0.164. The highest BCUT2D eigenvalue weighted by Crippen LogP contribution is 2.29. The Kier molecular flexibility index (Phi) is 5.24. The fourth-order valence-corrected chi connectivity index (χ4v) is 3.35. The third-order valence-corrected chi connectivity index (χ3v) is 4.52. The number of nitrogens with one attached hydrogen (secondary N) is 1. The van der Waals surface area contributed by atoms with Crippen LogP contribution in [0.25, 0.3) is 10.6 Å². The first-order valence-corrected chi connectivity index (χ1v) is 7.83. The van der Waals surface area contributed by atoms with E-state index >= 15 is 0 Å². The molecule has 0 aliphatic carbocycles. The van der Waals surface area contributed by atoms with Crippen LogP contribution in [0.4, 0.5) is 0 Å². The number of aliphatic hydroxyl groups is 1. The van der Waals surface area contributed by atoms with E-state index in [1.807, 2.05) is 23.8 Å². The Hall–Kier alpha value is -1.28. The van der Waals surface area contributed by atoms with E-state index < -0.39 is 6.10 Å². The van der Waals surface area contributed by atoms with E-state index in [0.29, 0.717) is 10.6 Å². The van der Waals surface area contributed by atoms with E-state index in [1.54, 1.807) is 11.3 Å². The molecule has 0 aliphatic rings. The summed E-state index contributed by atoms with van der Waals surface area (Å²) >= 11 is 2.96. The molecule has 0 spiro atoms. The van der Waals surface area contributed by atoms with Crippen molar-refractivity contribution in [2.24, 2.45) is 0 Å². The van der Waals surface area contributed by atoms with Crippen LogP contribution in [0.5, 0.6) is 0 Å².